The van der Waals surface area contributed by atoms with Crippen LogP contribution in [-0.2, 0) is 9.84 Å². The van der Waals surface area contributed by atoms with Crippen LogP contribution in [0.3, 0.4) is 0 Å². The first-order chi connectivity index (χ1) is 16.4. The zero-order valence-electron chi connectivity index (χ0n) is 18.2. The molecular weight excluding hydrogens is 452 g/mol. The van der Waals surface area contributed by atoms with Crippen LogP contribution in [0.2, 0.25) is 0 Å². The first-order valence-corrected chi connectivity index (χ1v) is 13.0. The second-order valence-electron chi connectivity index (χ2n) is 8.97. The number of rotatable bonds is 4. The van der Waals surface area contributed by atoms with E-state index in [4.69, 9.17) is 4.98 Å². The van der Waals surface area contributed by atoms with Gasteiger partial charge in [0.2, 0.25) is 0 Å². The number of pyridine rings is 1. The maximum Gasteiger partial charge on any atom is 0.261 e. The van der Waals surface area contributed by atoms with Crippen molar-refractivity contribution in [2.45, 2.75) is 31.2 Å². The Morgan fingerprint density at radius 3 is 2.62 bits per heavy atom. The number of aromatic nitrogens is 3. The van der Waals surface area contributed by atoms with Gasteiger partial charge >= 0.3 is 0 Å². The summed E-state index contributed by atoms with van der Waals surface area (Å²) in [5, 5.41) is 4.42. The molecule has 1 unspecified atom stereocenters. The minimum absolute atomic E-state index is 0.0582. The summed E-state index contributed by atoms with van der Waals surface area (Å²) < 4.78 is 23.3. The lowest BCUT2D eigenvalue weighted by atomic mass is 9.77. The molecule has 4 aromatic rings. The molecule has 1 atom stereocenters. The molecule has 1 saturated carbocycles. The van der Waals surface area contributed by atoms with Crippen molar-refractivity contribution < 1.29 is 13.2 Å². The second-order valence-corrected chi connectivity index (χ2v) is 10.9. The van der Waals surface area contributed by atoms with Gasteiger partial charge in [0.05, 0.1) is 28.3 Å². The Labute approximate surface area is 195 Å². The van der Waals surface area contributed by atoms with Crippen molar-refractivity contribution in [2.75, 3.05) is 5.75 Å². The van der Waals surface area contributed by atoms with Gasteiger partial charge in [-0.25, -0.2) is 13.4 Å². The van der Waals surface area contributed by atoms with E-state index in [9.17, 15) is 18.0 Å². The van der Waals surface area contributed by atoms with Gasteiger partial charge in [0.1, 0.15) is 11.4 Å². The summed E-state index contributed by atoms with van der Waals surface area (Å²) in [6.07, 6.45) is 4.76. The number of carbonyl (C=O) groups is 1. The number of H-pyrrole nitrogens is 2. The minimum Gasteiger partial charge on any atom is -0.345 e. The first-order valence-electron chi connectivity index (χ1n) is 11.2. The highest BCUT2D eigenvalue weighted by atomic mass is 32.2. The van der Waals surface area contributed by atoms with Crippen LogP contribution >= 0.6 is 0 Å². The summed E-state index contributed by atoms with van der Waals surface area (Å²) in [7, 11) is -3.32. The van der Waals surface area contributed by atoms with E-state index in [0.29, 0.717) is 22.6 Å². The van der Waals surface area contributed by atoms with E-state index in [-0.39, 0.29) is 11.3 Å². The van der Waals surface area contributed by atoms with Gasteiger partial charge in [-0.2, -0.15) is 0 Å². The van der Waals surface area contributed by atoms with Gasteiger partial charge < -0.3 is 15.3 Å². The zero-order chi connectivity index (χ0) is 23.4. The summed E-state index contributed by atoms with van der Waals surface area (Å²) in [6, 6.07) is 12.7. The summed E-state index contributed by atoms with van der Waals surface area (Å²) in [5.74, 6) is 0.270. The number of sulfone groups is 1. The number of carbonyl (C=O) groups excluding carboxylic acids is 1. The third-order valence-electron chi connectivity index (χ3n) is 6.72. The van der Waals surface area contributed by atoms with E-state index in [1.165, 1.54) is 12.5 Å². The van der Waals surface area contributed by atoms with Crippen molar-refractivity contribution in [2.24, 2.45) is 0 Å². The first kappa shape index (κ1) is 20.9. The Kier molecular flexibility index (Phi) is 4.70. The van der Waals surface area contributed by atoms with Crippen LogP contribution in [0.4, 0.5) is 0 Å². The van der Waals surface area contributed by atoms with Crippen molar-refractivity contribution >= 4 is 37.7 Å². The zero-order valence-corrected chi connectivity index (χ0v) is 19.0. The van der Waals surface area contributed by atoms with E-state index in [1.807, 2.05) is 30.3 Å². The maximum atomic E-state index is 13.0. The van der Waals surface area contributed by atoms with Crippen LogP contribution < -0.4 is 10.9 Å². The van der Waals surface area contributed by atoms with E-state index >= 15 is 0 Å². The molecule has 1 fully saturated rings. The highest BCUT2D eigenvalue weighted by molar-refractivity contribution is 7.94. The lowest BCUT2D eigenvalue weighted by molar-refractivity contribution is 0.0946. The number of nitrogens with one attached hydrogen (secondary N) is 3. The van der Waals surface area contributed by atoms with Crippen molar-refractivity contribution in [3.63, 3.8) is 0 Å². The van der Waals surface area contributed by atoms with Crippen molar-refractivity contribution in [1.82, 2.24) is 20.3 Å². The van der Waals surface area contributed by atoms with Crippen molar-refractivity contribution in [1.29, 1.82) is 0 Å². The number of nitrogens with zero attached hydrogens (tertiary/aromatic N) is 1. The Bertz CT molecular complexity index is 1630. The van der Waals surface area contributed by atoms with Gasteiger partial charge in [0.25, 0.3) is 11.5 Å². The molecule has 1 amide bonds. The molecule has 9 heteroatoms. The van der Waals surface area contributed by atoms with E-state index in [1.54, 1.807) is 6.07 Å². The standard InChI is InChI=1S/C25H22N4O4S/c30-24(26-16-10-11-34(32,33)13-16)18-12-15-8-9-17(14-4-3-5-14)21(22(15)29-25(18)31)23-27-19-6-1-2-7-20(19)28-23/h1-2,6-12,14,16H,3-5,13H2,(H,26,30)(H,27,28)(H,29,31). The van der Waals surface area contributed by atoms with Gasteiger partial charge in [0.15, 0.2) is 9.84 Å². The molecule has 172 valence electrons. The number of benzene rings is 2. The number of aromatic amines is 2. The quantitative estimate of drug-likeness (QED) is 0.418. The molecule has 2 aromatic carbocycles. The van der Waals surface area contributed by atoms with Gasteiger partial charge in [0, 0.05) is 11.0 Å². The number of para-hydroxylation sites is 2. The van der Waals surface area contributed by atoms with Crippen LogP contribution in [0.1, 0.15) is 41.1 Å². The topological polar surface area (TPSA) is 125 Å². The lowest BCUT2D eigenvalue weighted by Gasteiger charge is -2.28. The van der Waals surface area contributed by atoms with Gasteiger partial charge in [-0.1, -0.05) is 30.7 Å². The summed E-state index contributed by atoms with van der Waals surface area (Å²) in [4.78, 5) is 36.9. The average Bonchev–Trinajstić information content (AvgIpc) is 3.34. The molecule has 2 aromatic heterocycles. The highest BCUT2D eigenvalue weighted by Crippen LogP contribution is 2.43. The number of amides is 1. The fourth-order valence-corrected chi connectivity index (χ4v) is 5.99. The van der Waals surface area contributed by atoms with Crippen molar-refractivity contribution in [3.05, 3.63) is 75.4 Å². The van der Waals surface area contributed by atoms with Gasteiger partial charge in [-0.3, -0.25) is 9.59 Å². The Balaban J connectivity index is 1.46. The number of hydrogen-bond acceptors (Lipinski definition) is 5. The Morgan fingerprint density at radius 1 is 1.09 bits per heavy atom. The molecule has 3 heterocycles. The molecule has 1 aliphatic carbocycles. The predicted octanol–water partition coefficient (Wildman–Crippen LogP) is 3.38. The third kappa shape index (κ3) is 3.52. The van der Waals surface area contributed by atoms with Crippen LogP contribution in [-0.4, -0.2) is 41.1 Å². The predicted molar refractivity (Wildman–Crippen MR) is 130 cm³/mol. The number of fused-ring (bicyclic) bond motifs is 2. The van der Waals surface area contributed by atoms with Crippen molar-refractivity contribution in [3.8, 4) is 11.4 Å². The van der Waals surface area contributed by atoms with Crippen LogP contribution in [0.25, 0.3) is 33.3 Å². The van der Waals surface area contributed by atoms with Gasteiger partial charge in [-0.05, 0) is 54.0 Å². The molecule has 0 saturated heterocycles. The van der Waals surface area contributed by atoms with Crippen LogP contribution in [0, 0.1) is 0 Å². The molecule has 3 N–H and O–H groups in total. The molecule has 0 spiro atoms. The monoisotopic (exact) mass is 474 g/mol. The average molecular weight is 475 g/mol. The lowest BCUT2D eigenvalue weighted by Crippen LogP contribution is -2.38. The van der Waals surface area contributed by atoms with Crippen LogP contribution in [0.5, 0.6) is 0 Å². The number of imidazole rings is 1. The SMILES string of the molecule is O=C(NC1C=CS(=O)(=O)C1)c1cc2ccc(C3CCC3)c(-c3nc4ccccc4[nH]3)c2[nH]c1=O. The molecule has 34 heavy (non-hydrogen) atoms. The summed E-state index contributed by atoms with van der Waals surface area (Å²) in [5.41, 5.74) is 3.78. The molecule has 6 rings (SSSR count). The molecule has 0 bridgehead atoms. The van der Waals surface area contributed by atoms with E-state index < -0.39 is 27.3 Å². The third-order valence-corrected chi connectivity index (χ3v) is 8.11. The molecule has 1 aliphatic heterocycles. The van der Waals surface area contributed by atoms with E-state index in [0.717, 1.165) is 40.4 Å². The van der Waals surface area contributed by atoms with Crippen LogP contribution in [0.15, 0.2) is 58.7 Å². The van der Waals surface area contributed by atoms with E-state index in [2.05, 4.69) is 21.4 Å². The Morgan fingerprint density at radius 2 is 1.91 bits per heavy atom. The normalized spacial score (nSPS) is 19.5. The molecule has 0 radical (unpaired) electrons. The minimum atomic E-state index is -3.32. The molecular formula is C25H22N4O4S. The number of hydrogen-bond donors (Lipinski definition) is 3. The smallest absolute Gasteiger partial charge is 0.261 e. The fourth-order valence-electron chi connectivity index (χ4n) is 4.76. The molecule has 8 nitrogen and oxygen atoms in total. The maximum absolute atomic E-state index is 13.0. The summed E-state index contributed by atoms with van der Waals surface area (Å²) in [6.45, 7) is 0. The molecule has 2 aliphatic rings. The van der Waals surface area contributed by atoms with Gasteiger partial charge in [-0.15, -0.1) is 0 Å². The highest BCUT2D eigenvalue weighted by Gasteiger charge is 2.27. The summed E-state index contributed by atoms with van der Waals surface area (Å²) >= 11 is 0. The fraction of sp³-hybridized carbons (Fsp3) is 0.240. The second kappa shape index (κ2) is 7.66. The largest absolute Gasteiger partial charge is 0.345 e. The Hall–Kier alpha value is -3.72.